The molecule has 39 heavy (non-hydrogen) atoms. The average molecular weight is 535 g/mol. The van der Waals surface area contributed by atoms with Crippen molar-refractivity contribution in [3.05, 3.63) is 64.1 Å². The van der Waals surface area contributed by atoms with Gasteiger partial charge in [0.15, 0.2) is 11.5 Å². The molecule has 1 amide bonds. The number of rotatable bonds is 6. The molecule has 208 valence electrons. The Bertz CT molecular complexity index is 1390. The second kappa shape index (κ2) is 11.3. The Hall–Kier alpha value is -3.59. The number of hydrogen-bond acceptors (Lipinski definition) is 7. The number of likely N-dealkylation sites (tertiary alicyclic amines) is 1. The molecule has 1 fully saturated rings. The van der Waals surface area contributed by atoms with E-state index in [1.54, 1.807) is 10.6 Å². The van der Waals surface area contributed by atoms with Crippen molar-refractivity contribution in [2.24, 2.45) is 0 Å². The van der Waals surface area contributed by atoms with Crippen LogP contribution in [-0.4, -0.2) is 69.9 Å². The highest BCUT2D eigenvalue weighted by atomic mass is 16.6. The lowest BCUT2D eigenvalue weighted by Crippen LogP contribution is -2.49. The molecule has 2 aliphatic rings. The fourth-order valence-corrected chi connectivity index (χ4v) is 5.21. The van der Waals surface area contributed by atoms with Gasteiger partial charge in [0.1, 0.15) is 24.5 Å². The van der Waals surface area contributed by atoms with Crippen LogP contribution in [-0.2, 0) is 17.8 Å². The Balaban J connectivity index is 1.26. The quantitative estimate of drug-likeness (QED) is 0.464. The van der Waals surface area contributed by atoms with Crippen LogP contribution in [0.25, 0.3) is 11.0 Å². The molecule has 1 aromatic carbocycles. The monoisotopic (exact) mass is 534 g/mol. The van der Waals surface area contributed by atoms with Gasteiger partial charge in [0, 0.05) is 55.9 Å². The van der Waals surface area contributed by atoms with Gasteiger partial charge in [-0.1, -0.05) is 6.07 Å². The van der Waals surface area contributed by atoms with E-state index < -0.39 is 5.60 Å². The standard InChI is InChI=1S/C30H38N4O5/c1-21-5-7-23-8-10-27(35)33(28(23)31-21)16-15-32-13-11-24(12-14-32)34(29(36)39-30(2,3)4)20-22-6-9-25-26(19-22)38-18-17-37-25/h5-10,19,24H,11-18,20H2,1-4H3. The number of carbonyl (C=O) groups excluding carboxylic acids is 1. The minimum atomic E-state index is -0.582. The molecule has 0 saturated carbocycles. The zero-order valence-electron chi connectivity index (χ0n) is 23.3. The van der Waals surface area contributed by atoms with E-state index in [1.165, 1.54) is 0 Å². The summed E-state index contributed by atoms with van der Waals surface area (Å²) in [5, 5.41) is 0.964. The van der Waals surface area contributed by atoms with Crippen LogP contribution in [0.15, 0.2) is 47.3 Å². The summed E-state index contributed by atoms with van der Waals surface area (Å²) in [6.45, 7) is 12.1. The third-order valence-corrected chi connectivity index (χ3v) is 7.20. The number of fused-ring (bicyclic) bond motifs is 2. The Morgan fingerprint density at radius 3 is 2.49 bits per heavy atom. The number of benzene rings is 1. The molecule has 0 aliphatic carbocycles. The first-order chi connectivity index (χ1) is 18.7. The van der Waals surface area contributed by atoms with Crippen molar-refractivity contribution in [1.29, 1.82) is 0 Å². The summed E-state index contributed by atoms with van der Waals surface area (Å²) >= 11 is 0. The number of nitrogens with zero attached hydrogens (tertiary/aromatic N) is 4. The number of pyridine rings is 2. The molecular weight excluding hydrogens is 496 g/mol. The zero-order chi connectivity index (χ0) is 27.6. The van der Waals surface area contributed by atoms with Crippen molar-refractivity contribution in [3.63, 3.8) is 0 Å². The van der Waals surface area contributed by atoms with Crippen LogP contribution in [0, 0.1) is 6.92 Å². The molecule has 1 saturated heterocycles. The smallest absolute Gasteiger partial charge is 0.410 e. The number of hydrogen-bond donors (Lipinski definition) is 0. The number of piperidine rings is 1. The third kappa shape index (κ3) is 6.53. The van der Waals surface area contributed by atoms with Crippen LogP contribution < -0.4 is 15.0 Å². The number of aryl methyl sites for hydroxylation is 1. The summed E-state index contributed by atoms with van der Waals surface area (Å²) in [5.41, 5.74) is 1.98. The van der Waals surface area contributed by atoms with E-state index in [0.29, 0.717) is 32.1 Å². The summed E-state index contributed by atoms with van der Waals surface area (Å²) in [5.74, 6) is 1.45. The first-order valence-electron chi connectivity index (χ1n) is 13.7. The van der Waals surface area contributed by atoms with Gasteiger partial charge in [-0.2, -0.15) is 0 Å². The summed E-state index contributed by atoms with van der Waals surface area (Å²) in [4.78, 5) is 34.8. The van der Waals surface area contributed by atoms with Crippen molar-refractivity contribution in [2.45, 2.75) is 65.3 Å². The first-order valence-corrected chi connectivity index (χ1v) is 13.7. The maximum Gasteiger partial charge on any atom is 0.410 e. The molecule has 0 N–H and O–H groups in total. The molecule has 9 heteroatoms. The Morgan fingerprint density at radius 2 is 1.74 bits per heavy atom. The summed E-state index contributed by atoms with van der Waals surface area (Å²) in [6, 6.07) is 13.3. The average Bonchev–Trinajstić information content (AvgIpc) is 2.90. The molecule has 0 bridgehead atoms. The molecule has 9 nitrogen and oxygen atoms in total. The van der Waals surface area contributed by atoms with Crippen LogP contribution in [0.2, 0.25) is 0 Å². The fourth-order valence-electron chi connectivity index (χ4n) is 5.21. The maximum absolute atomic E-state index is 13.3. The highest BCUT2D eigenvalue weighted by Crippen LogP contribution is 2.32. The highest BCUT2D eigenvalue weighted by Gasteiger charge is 2.31. The SMILES string of the molecule is Cc1ccc2ccc(=O)n(CCN3CCC(N(Cc4ccc5c(c4)OCCO5)C(=O)OC(C)(C)C)CC3)c2n1. The van der Waals surface area contributed by atoms with Gasteiger partial charge >= 0.3 is 6.09 Å². The zero-order valence-corrected chi connectivity index (χ0v) is 23.3. The van der Waals surface area contributed by atoms with E-state index in [2.05, 4.69) is 9.88 Å². The molecule has 2 aromatic heterocycles. The lowest BCUT2D eigenvalue weighted by atomic mass is 10.0. The summed E-state index contributed by atoms with van der Waals surface area (Å²) in [7, 11) is 0. The van der Waals surface area contributed by atoms with Gasteiger partial charge < -0.3 is 24.0 Å². The Labute approximate surface area is 229 Å². The lowest BCUT2D eigenvalue weighted by Gasteiger charge is -2.39. The van der Waals surface area contributed by atoms with E-state index in [1.807, 2.05) is 69.0 Å². The maximum atomic E-state index is 13.3. The molecule has 4 heterocycles. The van der Waals surface area contributed by atoms with Gasteiger partial charge in [0.05, 0.1) is 0 Å². The van der Waals surface area contributed by atoms with Crippen molar-refractivity contribution in [3.8, 4) is 11.5 Å². The number of ether oxygens (including phenoxy) is 3. The molecule has 2 aliphatic heterocycles. The summed E-state index contributed by atoms with van der Waals surface area (Å²) in [6.07, 6.45) is 1.34. The van der Waals surface area contributed by atoms with E-state index in [-0.39, 0.29) is 17.7 Å². The molecule has 0 spiro atoms. The van der Waals surface area contributed by atoms with Crippen LogP contribution >= 0.6 is 0 Å². The number of carbonyl (C=O) groups is 1. The molecular formula is C30H38N4O5. The predicted octanol–water partition coefficient (Wildman–Crippen LogP) is 4.38. The van der Waals surface area contributed by atoms with E-state index in [9.17, 15) is 9.59 Å². The van der Waals surface area contributed by atoms with Crippen LogP contribution in [0.3, 0.4) is 0 Å². The van der Waals surface area contributed by atoms with Crippen molar-refractivity contribution in [1.82, 2.24) is 19.4 Å². The predicted molar refractivity (Wildman–Crippen MR) is 149 cm³/mol. The van der Waals surface area contributed by atoms with Gasteiger partial charge in [-0.15, -0.1) is 0 Å². The van der Waals surface area contributed by atoms with Crippen molar-refractivity contribution in [2.75, 3.05) is 32.8 Å². The van der Waals surface area contributed by atoms with E-state index in [0.717, 1.165) is 60.5 Å². The second-order valence-corrected chi connectivity index (χ2v) is 11.3. The Morgan fingerprint density at radius 1 is 1.03 bits per heavy atom. The lowest BCUT2D eigenvalue weighted by molar-refractivity contribution is 0.00562. The van der Waals surface area contributed by atoms with Crippen molar-refractivity contribution < 1.29 is 19.0 Å². The first kappa shape index (κ1) is 27.0. The van der Waals surface area contributed by atoms with E-state index >= 15 is 0 Å². The summed E-state index contributed by atoms with van der Waals surface area (Å²) < 4.78 is 19.0. The molecule has 0 unspecified atom stereocenters. The van der Waals surface area contributed by atoms with Gasteiger partial charge in [-0.25, -0.2) is 9.78 Å². The second-order valence-electron chi connectivity index (χ2n) is 11.3. The van der Waals surface area contributed by atoms with Gasteiger partial charge in [-0.3, -0.25) is 9.36 Å². The molecule has 0 radical (unpaired) electrons. The Kier molecular flexibility index (Phi) is 7.79. The number of amides is 1. The minimum Gasteiger partial charge on any atom is -0.486 e. The molecule has 0 atom stereocenters. The van der Waals surface area contributed by atoms with Gasteiger partial charge in [0.2, 0.25) is 0 Å². The van der Waals surface area contributed by atoms with Crippen LogP contribution in [0.1, 0.15) is 44.9 Å². The largest absolute Gasteiger partial charge is 0.486 e. The van der Waals surface area contributed by atoms with Gasteiger partial charge in [-0.05, 0) is 76.4 Å². The van der Waals surface area contributed by atoms with E-state index in [4.69, 9.17) is 14.2 Å². The molecule has 5 rings (SSSR count). The normalized spacial score (nSPS) is 16.3. The fraction of sp³-hybridized carbons (Fsp3) is 0.500. The topological polar surface area (TPSA) is 86.1 Å². The van der Waals surface area contributed by atoms with Crippen LogP contribution in [0.5, 0.6) is 11.5 Å². The van der Waals surface area contributed by atoms with Crippen LogP contribution in [0.4, 0.5) is 4.79 Å². The molecule has 3 aromatic rings. The minimum absolute atomic E-state index is 0.0361. The highest BCUT2D eigenvalue weighted by molar-refractivity contribution is 5.75. The third-order valence-electron chi connectivity index (χ3n) is 7.20. The number of aromatic nitrogens is 2. The van der Waals surface area contributed by atoms with Crippen molar-refractivity contribution >= 4 is 17.1 Å². The van der Waals surface area contributed by atoms with Gasteiger partial charge in [0.25, 0.3) is 5.56 Å².